The molecule has 0 fully saturated rings. The van der Waals surface area contributed by atoms with Crippen LogP contribution in [0.5, 0.6) is 11.5 Å². The summed E-state index contributed by atoms with van der Waals surface area (Å²) in [5, 5.41) is 2.96. The Bertz CT molecular complexity index is 1360. The van der Waals surface area contributed by atoms with E-state index in [9.17, 15) is 4.79 Å². The highest BCUT2D eigenvalue weighted by atomic mass is 16.5. The number of nitrogens with one attached hydrogen (secondary N) is 1. The monoisotopic (exact) mass is 495 g/mol. The van der Waals surface area contributed by atoms with E-state index in [1.165, 1.54) is 0 Å². The number of allylic oxidation sites excluding steroid dienone is 1. The normalized spacial score (nSPS) is 11.1. The number of hydrogen-bond acceptors (Lipinski definition) is 4. The summed E-state index contributed by atoms with van der Waals surface area (Å²) < 4.78 is 13.8. The molecule has 37 heavy (non-hydrogen) atoms. The summed E-state index contributed by atoms with van der Waals surface area (Å²) in [6.07, 6.45) is 7.57. The summed E-state index contributed by atoms with van der Waals surface area (Å²) in [7, 11) is 1.65. The van der Waals surface area contributed by atoms with Gasteiger partial charge >= 0.3 is 0 Å². The molecule has 0 saturated heterocycles. The standard InChI is InChI=1S/C31H33N3O3/c1-3-10-25-16-18-28(29(23-25)36-2)37-22-21-34-27-14-8-7-13-26(27)33-30(34)15-9-20-32-31(35)19-17-24-11-5-4-6-12-24/h3-8,11-14,16-19,23H,1,9-10,15,20-22H2,2H3,(H,32,35)/b19-17-. The van der Waals surface area contributed by atoms with Gasteiger partial charge in [-0.05, 0) is 54.3 Å². The Morgan fingerprint density at radius 3 is 2.68 bits per heavy atom. The van der Waals surface area contributed by atoms with Gasteiger partial charge in [0.2, 0.25) is 5.91 Å². The molecule has 4 aromatic rings. The fourth-order valence-corrected chi connectivity index (χ4v) is 4.19. The van der Waals surface area contributed by atoms with Crippen LogP contribution in [-0.4, -0.2) is 35.7 Å². The quantitative estimate of drug-likeness (QED) is 0.149. The molecule has 1 heterocycles. The van der Waals surface area contributed by atoms with E-state index in [-0.39, 0.29) is 5.91 Å². The highest BCUT2D eigenvalue weighted by Crippen LogP contribution is 2.28. The molecule has 190 valence electrons. The van der Waals surface area contributed by atoms with Gasteiger partial charge in [-0.25, -0.2) is 4.98 Å². The number of para-hydroxylation sites is 2. The van der Waals surface area contributed by atoms with Crippen molar-refractivity contribution in [2.24, 2.45) is 0 Å². The van der Waals surface area contributed by atoms with Gasteiger partial charge in [0.25, 0.3) is 0 Å². The fraction of sp³-hybridized carbons (Fsp3) is 0.226. The van der Waals surface area contributed by atoms with Crippen molar-refractivity contribution in [2.45, 2.75) is 25.8 Å². The molecular weight excluding hydrogens is 462 g/mol. The minimum atomic E-state index is -0.0983. The number of methoxy groups -OCH3 is 1. The maximum Gasteiger partial charge on any atom is 0.243 e. The molecule has 0 aliphatic carbocycles. The minimum Gasteiger partial charge on any atom is -0.493 e. The Morgan fingerprint density at radius 1 is 1.05 bits per heavy atom. The number of nitrogens with zero attached hydrogens (tertiary/aromatic N) is 2. The van der Waals surface area contributed by atoms with Gasteiger partial charge in [0.1, 0.15) is 12.4 Å². The van der Waals surface area contributed by atoms with Gasteiger partial charge in [-0.3, -0.25) is 4.79 Å². The molecule has 0 spiro atoms. The molecule has 0 bridgehead atoms. The van der Waals surface area contributed by atoms with E-state index >= 15 is 0 Å². The SMILES string of the molecule is C=CCc1ccc(OCCn2c(CCCNC(=O)/C=C\c3ccccc3)nc3ccccc32)c(OC)c1. The van der Waals surface area contributed by atoms with Crippen molar-refractivity contribution in [1.82, 2.24) is 14.9 Å². The smallest absolute Gasteiger partial charge is 0.243 e. The summed E-state index contributed by atoms with van der Waals surface area (Å²) in [6, 6.07) is 23.9. The molecule has 4 rings (SSSR count). The molecule has 0 aliphatic rings. The van der Waals surface area contributed by atoms with Gasteiger partial charge < -0.3 is 19.4 Å². The van der Waals surface area contributed by atoms with Crippen LogP contribution < -0.4 is 14.8 Å². The highest BCUT2D eigenvalue weighted by molar-refractivity contribution is 5.91. The van der Waals surface area contributed by atoms with Crippen LogP contribution in [0.2, 0.25) is 0 Å². The predicted molar refractivity (Wildman–Crippen MR) is 149 cm³/mol. The van der Waals surface area contributed by atoms with Crippen LogP contribution in [0.15, 0.2) is 91.5 Å². The largest absolute Gasteiger partial charge is 0.493 e. The maximum atomic E-state index is 12.2. The summed E-state index contributed by atoms with van der Waals surface area (Å²) in [5.41, 5.74) is 4.16. The third-order valence-electron chi connectivity index (χ3n) is 6.02. The molecule has 0 saturated carbocycles. The summed E-state index contributed by atoms with van der Waals surface area (Å²) >= 11 is 0. The molecule has 1 aromatic heterocycles. The molecule has 0 aliphatic heterocycles. The van der Waals surface area contributed by atoms with E-state index in [0.717, 1.165) is 47.2 Å². The molecule has 3 aromatic carbocycles. The second-order valence-corrected chi connectivity index (χ2v) is 8.63. The van der Waals surface area contributed by atoms with Crippen LogP contribution in [-0.2, 0) is 24.2 Å². The van der Waals surface area contributed by atoms with E-state index in [0.29, 0.717) is 31.2 Å². The Hall–Kier alpha value is -4.32. The van der Waals surface area contributed by atoms with Gasteiger partial charge in [0, 0.05) is 19.0 Å². The number of carbonyl (C=O) groups is 1. The van der Waals surface area contributed by atoms with Crippen LogP contribution >= 0.6 is 0 Å². The van der Waals surface area contributed by atoms with Crippen molar-refractivity contribution in [1.29, 1.82) is 0 Å². The van der Waals surface area contributed by atoms with Crippen molar-refractivity contribution in [3.8, 4) is 11.5 Å². The first kappa shape index (κ1) is 25.8. The zero-order valence-electron chi connectivity index (χ0n) is 21.2. The third-order valence-corrected chi connectivity index (χ3v) is 6.02. The summed E-state index contributed by atoms with van der Waals surface area (Å²) in [5.74, 6) is 2.31. The third kappa shape index (κ3) is 7.10. The Morgan fingerprint density at radius 2 is 1.86 bits per heavy atom. The lowest BCUT2D eigenvalue weighted by Gasteiger charge is -2.14. The van der Waals surface area contributed by atoms with E-state index < -0.39 is 0 Å². The molecule has 1 N–H and O–H groups in total. The average Bonchev–Trinajstić information content (AvgIpc) is 3.28. The Balaban J connectivity index is 1.34. The van der Waals surface area contributed by atoms with E-state index in [4.69, 9.17) is 14.5 Å². The lowest BCUT2D eigenvalue weighted by atomic mass is 10.1. The number of aromatic nitrogens is 2. The van der Waals surface area contributed by atoms with Crippen LogP contribution in [0.4, 0.5) is 0 Å². The van der Waals surface area contributed by atoms with Crippen molar-refractivity contribution in [3.05, 3.63) is 108 Å². The van der Waals surface area contributed by atoms with Crippen molar-refractivity contribution in [2.75, 3.05) is 20.3 Å². The first-order valence-corrected chi connectivity index (χ1v) is 12.5. The zero-order valence-corrected chi connectivity index (χ0v) is 21.2. The van der Waals surface area contributed by atoms with Gasteiger partial charge in [-0.1, -0.05) is 54.6 Å². The number of fused-ring (bicyclic) bond motifs is 1. The molecule has 6 heteroatoms. The first-order valence-electron chi connectivity index (χ1n) is 12.5. The maximum absolute atomic E-state index is 12.2. The van der Waals surface area contributed by atoms with Crippen LogP contribution in [0.25, 0.3) is 17.1 Å². The van der Waals surface area contributed by atoms with Crippen molar-refractivity contribution < 1.29 is 14.3 Å². The fourth-order valence-electron chi connectivity index (χ4n) is 4.19. The van der Waals surface area contributed by atoms with E-state index in [1.54, 1.807) is 13.2 Å². The van der Waals surface area contributed by atoms with Crippen molar-refractivity contribution in [3.63, 3.8) is 0 Å². The lowest BCUT2D eigenvalue weighted by Crippen LogP contribution is -2.23. The van der Waals surface area contributed by atoms with Crippen LogP contribution in [0.3, 0.4) is 0 Å². The number of amides is 1. The van der Waals surface area contributed by atoms with Gasteiger partial charge in [0.15, 0.2) is 11.5 Å². The lowest BCUT2D eigenvalue weighted by molar-refractivity contribution is -0.116. The molecule has 0 atom stereocenters. The number of carbonyl (C=O) groups excluding carboxylic acids is 1. The number of imidazole rings is 1. The van der Waals surface area contributed by atoms with Gasteiger partial charge in [0.05, 0.1) is 24.7 Å². The topological polar surface area (TPSA) is 65.4 Å². The summed E-state index contributed by atoms with van der Waals surface area (Å²) in [4.78, 5) is 17.0. The molecule has 0 unspecified atom stereocenters. The predicted octanol–water partition coefficient (Wildman–Crippen LogP) is 5.61. The number of benzene rings is 3. The summed E-state index contributed by atoms with van der Waals surface area (Å²) in [6.45, 7) is 5.50. The number of aryl methyl sites for hydroxylation is 1. The van der Waals surface area contributed by atoms with Crippen LogP contribution in [0, 0.1) is 0 Å². The van der Waals surface area contributed by atoms with Gasteiger partial charge in [-0.2, -0.15) is 0 Å². The minimum absolute atomic E-state index is 0.0983. The molecule has 1 amide bonds. The number of ether oxygens (including phenoxy) is 2. The second kappa shape index (κ2) is 13.1. The highest BCUT2D eigenvalue weighted by Gasteiger charge is 2.12. The van der Waals surface area contributed by atoms with E-state index in [1.807, 2.05) is 78.9 Å². The van der Waals surface area contributed by atoms with Gasteiger partial charge in [-0.15, -0.1) is 6.58 Å². The Labute approximate surface area is 218 Å². The molecule has 0 radical (unpaired) electrons. The number of rotatable bonds is 13. The second-order valence-electron chi connectivity index (χ2n) is 8.63. The molecule has 6 nitrogen and oxygen atoms in total. The Kier molecular flexibility index (Phi) is 9.13. The van der Waals surface area contributed by atoms with Crippen LogP contribution in [0.1, 0.15) is 23.4 Å². The zero-order chi connectivity index (χ0) is 25.9. The van der Waals surface area contributed by atoms with E-state index in [2.05, 4.69) is 22.5 Å². The first-order chi connectivity index (χ1) is 18.2. The number of hydrogen-bond donors (Lipinski definition) is 1. The molecular formula is C31H33N3O3. The average molecular weight is 496 g/mol. The van der Waals surface area contributed by atoms with Crippen molar-refractivity contribution >= 4 is 23.0 Å².